The van der Waals surface area contributed by atoms with Crippen LogP contribution in [0.4, 0.5) is 8.78 Å². The van der Waals surface area contributed by atoms with Crippen molar-refractivity contribution in [3.8, 4) is 0 Å². The van der Waals surface area contributed by atoms with Gasteiger partial charge in [0.1, 0.15) is 11.6 Å². The Balaban J connectivity index is 0.000000261. The van der Waals surface area contributed by atoms with E-state index >= 15 is 0 Å². The molecule has 2 nitrogen and oxygen atoms in total. The van der Waals surface area contributed by atoms with E-state index in [0.717, 1.165) is 52.6 Å². The van der Waals surface area contributed by atoms with Crippen LogP contribution in [-0.4, -0.2) is 18.8 Å². The van der Waals surface area contributed by atoms with Crippen molar-refractivity contribution in [1.82, 2.24) is 5.32 Å². The summed E-state index contributed by atoms with van der Waals surface area (Å²) in [4.78, 5) is 4.36. The zero-order valence-corrected chi connectivity index (χ0v) is 17.4. The summed E-state index contributed by atoms with van der Waals surface area (Å²) < 4.78 is 27.2. The van der Waals surface area contributed by atoms with Gasteiger partial charge >= 0.3 is 0 Å². The molecule has 0 aromatic heterocycles. The van der Waals surface area contributed by atoms with Crippen molar-refractivity contribution in [2.24, 2.45) is 4.99 Å². The lowest BCUT2D eigenvalue weighted by Crippen LogP contribution is -2.13. The van der Waals surface area contributed by atoms with E-state index in [-0.39, 0.29) is 26.5 Å². The third-order valence-electron chi connectivity index (χ3n) is 4.51. The van der Waals surface area contributed by atoms with Crippen molar-refractivity contribution in [2.75, 3.05) is 13.1 Å². The third kappa shape index (κ3) is 6.46. The average Bonchev–Trinajstić information content (AvgIpc) is 3.29. The summed E-state index contributed by atoms with van der Waals surface area (Å²) in [6, 6.07) is 10.0. The minimum Gasteiger partial charge on any atom is -0.310 e. The summed E-state index contributed by atoms with van der Waals surface area (Å²) in [5, 5.41) is 3.38. The Labute approximate surface area is 184 Å². The first-order chi connectivity index (χ1) is 12.5. The van der Waals surface area contributed by atoms with Gasteiger partial charge < -0.3 is 5.32 Å². The van der Waals surface area contributed by atoms with Crippen LogP contribution in [0.5, 0.6) is 0 Å². The highest BCUT2D eigenvalue weighted by molar-refractivity contribution is 9.10. The van der Waals surface area contributed by atoms with Gasteiger partial charge in [-0.2, -0.15) is 0 Å². The molecule has 0 spiro atoms. The molecular formula is C22H28Br2F2N2. The van der Waals surface area contributed by atoms with Gasteiger partial charge in [0.05, 0.1) is 0 Å². The highest BCUT2D eigenvalue weighted by Gasteiger charge is 2.18. The van der Waals surface area contributed by atoms with Crippen LogP contribution in [0.15, 0.2) is 50.3 Å². The van der Waals surface area contributed by atoms with Gasteiger partial charge in [-0.3, -0.25) is 4.99 Å². The standard InChI is InChI=1S/C10H11BrFN.C10H9BrFN.2CH4/c2*11-9-6-7(12)3-4-8(9)10-2-1-5-13-10;;/h3-4,6,10,13H,1-2,5H2;3-4,6H,1-2,5H2;2*1H4. The predicted octanol–water partition coefficient (Wildman–Crippen LogP) is 7.46. The number of hydrogen-bond acceptors (Lipinski definition) is 2. The first-order valence-corrected chi connectivity index (χ1v) is 10.3. The highest BCUT2D eigenvalue weighted by Crippen LogP contribution is 2.29. The second kappa shape index (κ2) is 11.8. The Bertz CT molecular complexity index is 803. The van der Waals surface area contributed by atoms with Gasteiger partial charge in [-0.15, -0.1) is 0 Å². The van der Waals surface area contributed by atoms with Crippen molar-refractivity contribution in [3.63, 3.8) is 0 Å². The van der Waals surface area contributed by atoms with Gasteiger partial charge in [-0.25, -0.2) is 8.78 Å². The third-order valence-corrected chi connectivity index (χ3v) is 5.86. The van der Waals surface area contributed by atoms with E-state index in [0.29, 0.717) is 6.04 Å². The molecule has 2 aromatic carbocycles. The van der Waals surface area contributed by atoms with Crippen LogP contribution in [-0.2, 0) is 0 Å². The lowest BCUT2D eigenvalue weighted by Gasteiger charge is -2.12. The molecule has 2 aromatic rings. The summed E-state index contributed by atoms with van der Waals surface area (Å²) in [5.41, 5.74) is 3.28. The summed E-state index contributed by atoms with van der Waals surface area (Å²) in [6.07, 6.45) is 4.46. The number of aliphatic imine (C=N–C) groups is 1. The number of halogens is 4. The highest BCUT2D eigenvalue weighted by atomic mass is 79.9. The first-order valence-electron chi connectivity index (χ1n) is 8.71. The maximum Gasteiger partial charge on any atom is 0.124 e. The van der Waals surface area contributed by atoms with E-state index in [1.165, 1.54) is 36.2 Å². The summed E-state index contributed by atoms with van der Waals surface area (Å²) in [7, 11) is 0. The van der Waals surface area contributed by atoms with E-state index in [9.17, 15) is 8.78 Å². The molecule has 0 aliphatic carbocycles. The Morgan fingerprint density at radius 3 is 2.14 bits per heavy atom. The SMILES string of the molecule is C.C.Fc1ccc(C2=NCCC2)c(Br)c1.Fc1ccc(C2CCCN2)c(Br)c1. The number of nitrogens with zero attached hydrogens (tertiary/aromatic N) is 1. The lowest BCUT2D eigenvalue weighted by atomic mass is 10.1. The quantitative estimate of drug-likeness (QED) is 0.439. The number of benzene rings is 2. The minimum absolute atomic E-state index is 0. The molecule has 0 amide bonds. The fraction of sp³-hybridized carbons (Fsp3) is 0.409. The predicted molar refractivity (Wildman–Crippen MR) is 122 cm³/mol. The van der Waals surface area contributed by atoms with Crippen LogP contribution in [0.3, 0.4) is 0 Å². The Morgan fingerprint density at radius 1 is 0.929 bits per heavy atom. The summed E-state index contributed by atoms with van der Waals surface area (Å²) in [6.45, 7) is 1.97. The number of rotatable bonds is 2. The molecule has 4 rings (SSSR count). The molecular weight excluding hydrogens is 490 g/mol. The topological polar surface area (TPSA) is 24.4 Å². The molecule has 1 N–H and O–H groups in total. The Hall–Kier alpha value is -1.11. The Morgan fingerprint density at radius 2 is 1.61 bits per heavy atom. The monoisotopic (exact) mass is 516 g/mol. The zero-order chi connectivity index (χ0) is 18.5. The zero-order valence-electron chi connectivity index (χ0n) is 14.2. The molecule has 1 atom stereocenters. The fourth-order valence-corrected chi connectivity index (χ4v) is 4.42. The smallest absolute Gasteiger partial charge is 0.124 e. The molecule has 0 bridgehead atoms. The largest absolute Gasteiger partial charge is 0.310 e. The number of nitrogens with one attached hydrogen (secondary N) is 1. The van der Waals surface area contributed by atoms with E-state index in [4.69, 9.17) is 0 Å². The molecule has 0 radical (unpaired) electrons. The van der Waals surface area contributed by atoms with Gasteiger partial charge in [0.2, 0.25) is 0 Å². The molecule has 154 valence electrons. The molecule has 1 unspecified atom stereocenters. The lowest BCUT2D eigenvalue weighted by molar-refractivity contribution is 0.615. The molecule has 2 aliphatic heterocycles. The minimum atomic E-state index is -0.214. The van der Waals surface area contributed by atoms with E-state index in [1.54, 1.807) is 6.07 Å². The second-order valence-corrected chi connectivity index (χ2v) is 8.08. The van der Waals surface area contributed by atoms with Crippen LogP contribution in [0.25, 0.3) is 0 Å². The molecule has 2 heterocycles. The van der Waals surface area contributed by atoms with Crippen LogP contribution < -0.4 is 5.32 Å². The normalized spacial score (nSPS) is 17.7. The van der Waals surface area contributed by atoms with Crippen LogP contribution in [0.2, 0.25) is 0 Å². The van der Waals surface area contributed by atoms with Crippen LogP contribution in [0, 0.1) is 11.6 Å². The molecule has 0 saturated carbocycles. The van der Waals surface area contributed by atoms with Gasteiger partial charge in [-0.05, 0) is 68.1 Å². The van der Waals surface area contributed by atoms with Gasteiger partial charge in [-0.1, -0.05) is 52.8 Å². The second-order valence-electron chi connectivity index (χ2n) is 6.37. The maximum absolute atomic E-state index is 12.8. The molecule has 1 saturated heterocycles. The van der Waals surface area contributed by atoms with Crippen LogP contribution >= 0.6 is 31.9 Å². The van der Waals surface area contributed by atoms with Crippen molar-refractivity contribution in [2.45, 2.75) is 46.6 Å². The van der Waals surface area contributed by atoms with Gasteiger partial charge in [0.25, 0.3) is 0 Å². The molecule has 2 aliphatic rings. The van der Waals surface area contributed by atoms with E-state index in [1.807, 2.05) is 6.07 Å². The van der Waals surface area contributed by atoms with Crippen molar-refractivity contribution in [3.05, 3.63) is 68.1 Å². The van der Waals surface area contributed by atoms with Crippen LogP contribution in [0.1, 0.15) is 57.7 Å². The van der Waals surface area contributed by atoms with Crippen molar-refractivity contribution >= 4 is 37.6 Å². The Kier molecular flexibility index (Phi) is 10.5. The average molecular weight is 518 g/mol. The van der Waals surface area contributed by atoms with Crippen molar-refractivity contribution in [1.29, 1.82) is 0 Å². The van der Waals surface area contributed by atoms with Crippen molar-refractivity contribution < 1.29 is 8.78 Å². The summed E-state index contributed by atoms with van der Waals surface area (Å²) >= 11 is 6.71. The maximum atomic E-state index is 12.8. The first kappa shape index (κ1) is 24.9. The van der Waals surface area contributed by atoms with Gasteiger partial charge in [0.15, 0.2) is 0 Å². The molecule has 28 heavy (non-hydrogen) atoms. The van der Waals surface area contributed by atoms with E-state index in [2.05, 4.69) is 42.2 Å². The molecule has 6 heteroatoms. The van der Waals surface area contributed by atoms with Gasteiger partial charge in [0, 0.05) is 32.8 Å². The number of hydrogen-bond donors (Lipinski definition) is 1. The summed E-state index contributed by atoms with van der Waals surface area (Å²) in [5.74, 6) is -0.400. The fourth-order valence-electron chi connectivity index (χ4n) is 3.22. The van der Waals surface area contributed by atoms with E-state index < -0.39 is 0 Å². The molecule has 1 fully saturated rings.